The Kier molecular flexibility index (Phi) is 16.1. The van der Waals surface area contributed by atoms with Crippen molar-refractivity contribution in [3.63, 3.8) is 0 Å². The van der Waals surface area contributed by atoms with Crippen LogP contribution in [0.5, 0.6) is 0 Å². The molecule has 16 heteroatoms. The van der Waals surface area contributed by atoms with Crippen molar-refractivity contribution in [1.29, 1.82) is 0 Å². The summed E-state index contributed by atoms with van der Waals surface area (Å²) in [5.74, 6) is -5.38. The molecule has 1 aromatic rings. The zero-order chi connectivity index (χ0) is 46.2. The van der Waals surface area contributed by atoms with Gasteiger partial charge < -0.3 is 53.0 Å². The van der Waals surface area contributed by atoms with Crippen molar-refractivity contribution in [2.45, 2.75) is 179 Å². The largest absolute Gasteiger partial charge is 0.458 e. The van der Waals surface area contributed by atoms with Crippen LogP contribution in [0.4, 0.5) is 0 Å². The van der Waals surface area contributed by atoms with Gasteiger partial charge in [0.05, 0.1) is 48.1 Å². The first kappa shape index (κ1) is 50.4. The van der Waals surface area contributed by atoms with E-state index in [2.05, 4.69) is 21.8 Å². The summed E-state index contributed by atoms with van der Waals surface area (Å²) in [6.45, 7) is 18.2. The molecule has 4 fully saturated rings. The molecule has 19 atom stereocenters. The number of nitrogens with zero attached hydrogens (tertiary/aromatic N) is 3. The highest BCUT2D eigenvalue weighted by molar-refractivity contribution is 5.84. The summed E-state index contributed by atoms with van der Waals surface area (Å²) in [7, 11) is 9.18. The van der Waals surface area contributed by atoms with Crippen LogP contribution >= 0.6 is 0 Å². The van der Waals surface area contributed by atoms with Crippen molar-refractivity contribution in [1.82, 2.24) is 14.8 Å². The average Bonchev–Trinajstić information content (AvgIpc) is 3.75. The average molecular weight is 878 g/mol. The van der Waals surface area contributed by atoms with E-state index < -0.39 is 108 Å². The van der Waals surface area contributed by atoms with Gasteiger partial charge in [0.1, 0.15) is 23.1 Å². The molecule has 1 saturated carbocycles. The standard InChI is InChI=1S/C46H75N3O13/c1-24-21-44(9,55-14)39(62-43-35(48(11)12)33(20-25(2)57-43)49(13)23-32-16-18-47-19-17-32)27(4)37(60-34-22-45(10,56-15)41(30(7)58-34)59-31(8)50)28(5)42(53)61-40-29(6)46(40,54)38(52)26(3)36(24)51/h16-19,24-30,33-35,37-41,43,52,54H,20-23H2,1-15H3/t24-,25-,26+,27+,28-,29?,30+,33-,34+,35+,37+,38-,39-,40-,41+,43+,44+,45-,46+/m1/s1. The van der Waals surface area contributed by atoms with E-state index in [4.69, 9.17) is 37.9 Å². The Morgan fingerprint density at radius 3 is 2.10 bits per heavy atom. The van der Waals surface area contributed by atoms with Gasteiger partial charge >= 0.3 is 11.9 Å². The van der Waals surface area contributed by atoms with E-state index in [0.717, 1.165) is 12.0 Å². The molecule has 4 heterocycles. The zero-order valence-electron chi connectivity index (χ0n) is 39.6. The molecule has 3 aliphatic heterocycles. The number of carbonyl (C=O) groups is 3. The second-order valence-electron chi connectivity index (χ2n) is 19.5. The highest BCUT2D eigenvalue weighted by atomic mass is 16.7. The number of ketones is 1. The molecule has 1 aliphatic carbocycles. The first-order valence-corrected chi connectivity index (χ1v) is 22.2. The predicted molar refractivity (Wildman–Crippen MR) is 227 cm³/mol. The van der Waals surface area contributed by atoms with Crippen molar-refractivity contribution in [2.75, 3.05) is 35.4 Å². The van der Waals surface area contributed by atoms with Gasteiger partial charge in [-0.1, -0.05) is 27.7 Å². The number of likely N-dealkylation sites (N-methyl/N-ethyl adjacent to an activating group) is 2. The van der Waals surface area contributed by atoms with E-state index in [0.29, 0.717) is 6.54 Å². The molecule has 1 unspecified atom stereocenters. The number of esters is 2. The molecule has 0 amide bonds. The van der Waals surface area contributed by atoms with E-state index in [1.165, 1.54) is 14.0 Å². The van der Waals surface area contributed by atoms with Crippen molar-refractivity contribution < 1.29 is 62.5 Å². The van der Waals surface area contributed by atoms with Crippen molar-refractivity contribution in [3.05, 3.63) is 30.1 Å². The van der Waals surface area contributed by atoms with E-state index in [1.54, 1.807) is 54.1 Å². The number of pyridine rings is 1. The van der Waals surface area contributed by atoms with E-state index in [9.17, 15) is 24.6 Å². The summed E-state index contributed by atoms with van der Waals surface area (Å²) in [5.41, 5.74) is -2.95. The Hall–Kier alpha value is -2.64. The van der Waals surface area contributed by atoms with E-state index in [-0.39, 0.29) is 36.8 Å². The number of ether oxygens (including phenoxy) is 8. The van der Waals surface area contributed by atoms with Gasteiger partial charge in [0, 0.05) is 76.2 Å². The van der Waals surface area contributed by atoms with Crippen LogP contribution in [0.3, 0.4) is 0 Å². The minimum Gasteiger partial charge on any atom is -0.458 e. The summed E-state index contributed by atoms with van der Waals surface area (Å²) >= 11 is 0. The van der Waals surface area contributed by atoms with Crippen molar-refractivity contribution in [2.24, 2.45) is 29.6 Å². The third-order valence-electron chi connectivity index (χ3n) is 14.6. The van der Waals surface area contributed by atoms with Crippen LogP contribution in [0.2, 0.25) is 0 Å². The van der Waals surface area contributed by atoms with Gasteiger partial charge in [0.15, 0.2) is 18.7 Å². The van der Waals surface area contributed by atoms with Gasteiger partial charge in [-0.25, -0.2) is 0 Å². The first-order valence-electron chi connectivity index (χ1n) is 22.2. The van der Waals surface area contributed by atoms with Crippen molar-refractivity contribution in [3.8, 4) is 0 Å². The molecular weight excluding hydrogens is 803 g/mol. The Balaban J connectivity index is 1.60. The van der Waals surface area contributed by atoms with Crippen LogP contribution < -0.4 is 0 Å². The minimum atomic E-state index is -1.82. The molecule has 3 saturated heterocycles. The number of aromatic nitrogens is 1. The molecule has 16 nitrogen and oxygen atoms in total. The molecular formula is C46H75N3O13. The third kappa shape index (κ3) is 10.2. The predicted octanol–water partition coefficient (Wildman–Crippen LogP) is 3.77. The van der Waals surface area contributed by atoms with Crippen LogP contribution in [0.15, 0.2) is 24.5 Å². The highest BCUT2D eigenvalue weighted by Gasteiger charge is 2.70. The molecule has 352 valence electrons. The summed E-state index contributed by atoms with van der Waals surface area (Å²) in [6.07, 6.45) is -3.24. The number of hydrogen-bond acceptors (Lipinski definition) is 16. The van der Waals surface area contributed by atoms with Crippen LogP contribution in [-0.2, 0) is 58.8 Å². The number of rotatable bonds is 11. The SMILES string of the molecule is CO[C@]1(C)C[C@H](O[C@H]2[C@H](C)[C@@H](O[C@@H]3O[C@H](C)C[C@@H](N(C)Cc4ccncc4)[C@@H]3N(C)C)[C@@](C)(OC)C[C@@H](C)C(=O)[C@H](C)[C@@H](O)[C@@]3(O)C(C)[C@H]3OC(=O)[C@@H]2C)O[C@@H](C)[C@@H]1OC(C)=O. The van der Waals surface area contributed by atoms with Crippen LogP contribution in [-0.4, -0.2) is 162 Å². The minimum absolute atomic E-state index is 0.0217. The van der Waals surface area contributed by atoms with Crippen LogP contribution in [0.1, 0.15) is 94.1 Å². The van der Waals surface area contributed by atoms with Gasteiger partial charge in [-0.15, -0.1) is 0 Å². The fourth-order valence-electron chi connectivity index (χ4n) is 10.6. The number of carbonyl (C=O) groups excluding carboxylic acids is 3. The van der Waals surface area contributed by atoms with E-state index in [1.807, 2.05) is 53.9 Å². The lowest BCUT2D eigenvalue weighted by molar-refractivity contribution is -0.315. The maximum atomic E-state index is 14.4. The second-order valence-corrected chi connectivity index (χ2v) is 19.5. The van der Waals surface area contributed by atoms with Gasteiger partial charge in [-0.3, -0.25) is 24.3 Å². The molecule has 4 aliphatic rings. The van der Waals surface area contributed by atoms with Crippen LogP contribution in [0.25, 0.3) is 0 Å². The molecule has 0 aromatic carbocycles. The lowest BCUT2D eigenvalue weighted by atomic mass is 9.75. The molecule has 5 rings (SSSR count). The lowest BCUT2D eigenvalue weighted by Gasteiger charge is -2.51. The topological polar surface area (TPSA) is 185 Å². The fraction of sp³-hybridized carbons (Fsp3) is 0.826. The van der Waals surface area contributed by atoms with Gasteiger partial charge in [0.2, 0.25) is 0 Å². The fourth-order valence-corrected chi connectivity index (χ4v) is 10.6. The second kappa shape index (κ2) is 19.8. The van der Waals surface area contributed by atoms with Gasteiger partial charge in [0.25, 0.3) is 0 Å². The normalized spacial score (nSPS) is 44.6. The summed E-state index contributed by atoms with van der Waals surface area (Å²) in [6, 6.07) is 3.69. The van der Waals surface area contributed by atoms with Gasteiger partial charge in [-0.05, 0) is 86.3 Å². The number of hydrogen-bond donors (Lipinski definition) is 2. The third-order valence-corrected chi connectivity index (χ3v) is 14.6. The Labute approximate surface area is 368 Å². The molecule has 0 spiro atoms. The number of Topliss-reactive ketones (excluding diaryl/α,β-unsaturated/α-hetero) is 1. The molecule has 0 bridgehead atoms. The maximum Gasteiger partial charge on any atom is 0.311 e. The number of methoxy groups -OCH3 is 2. The monoisotopic (exact) mass is 878 g/mol. The summed E-state index contributed by atoms with van der Waals surface area (Å²) in [4.78, 5) is 49.4. The molecule has 1 aromatic heterocycles. The van der Waals surface area contributed by atoms with Gasteiger partial charge in [-0.2, -0.15) is 0 Å². The van der Waals surface area contributed by atoms with E-state index >= 15 is 0 Å². The number of fused-ring (bicyclic) bond motifs is 1. The maximum absolute atomic E-state index is 14.4. The van der Waals surface area contributed by atoms with Crippen molar-refractivity contribution >= 4 is 17.7 Å². The highest BCUT2D eigenvalue weighted by Crippen LogP contribution is 2.52. The Bertz CT molecular complexity index is 1690. The molecule has 62 heavy (non-hydrogen) atoms. The summed E-state index contributed by atoms with van der Waals surface area (Å²) in [5, 5.41) is 23.3. The summed E-state index contributed by atoms with van der Waals surface area (Å²) < 4.78 is 51.6. The number of aliphatic hydroxyl groups is 2. The smallest absolute Gasteiger partial charge is 0.311 e. The lowest BCUT2D eigenvalue weighted by Crippen LogP contribution is -2.63. The molecule has 0 radical (unpaired) electrons. The van der Waals surface area contributed by atoms with Crippen LogP contribution in [0, 0.1) is 29.6 Å². The Morgan fingerprint density at radius 1 is 0.903 bits per heavy atom. The first-order chi connectivity index (χ1) is 28.9. The quantitative estimate of drug-likeness (QED) is 0.306. The zero-order valence-corrected chi connectivity index (χ0v) is 39.6. The Morgan fingerprint density at radius 2 is 1.52 bits per heavy atom. The molecule has 2 N–H and O–H groups in total. The number of aliphatic hydroxyl groups excluding tert-OH is 1.